The van der Waals surface area contributed by atoms with Gasteiger partial charge in [-0.2, -0.15) is 0 Å². The standard InChI is InChI=1S/C15H19N3O3/c1-2-7-20-15(19)18-6-5-11-9-21-13-4-3-10(14(16)17)8-12(11)13/h2-4,8,11H,1,5-7,9H2,(H3,16,17)(H,18,19). The van der Waals surface area contributed by atoms with Crippen molar-refractivity contribution >= 4 is 11.9 Å². The van der Waals surface area contributed by atoms with Gasteiger partial charge in [0.05, 0.1) is 6.61 Å². The highest BCUT2D eigenvalue weighted by molar-refractivity contribution is 5.95. The first kappa shape index (κ1) is 14.9. The summed E-state index contributed by atoms with van der Waals surface area (Å²) in [4.78, 5) is 11.3. The summed E-state index contributed by atoms with van der Waals surface area (Å²) >= 11 is 0. The van der Waals surface area contributed by atoms with Crippen LogP contribution in [-0.4, -0.2) is 31.7 Å². The smallest absolute Gasteiger partial charge is 0.407 e. The molecule has 21 heavy (non-hydrogen) atoms. The van der Waals surface area contributed by atoms with Gasteiger partial charge in [0, 0.05) is 23.6 Å². The third kappa shape index (κ3) is 3.75. The molecule has 112 valence electrons. The Balaban J connectivity index is 1.90. The van der Waals surface area contributed by atoms with Gasteiger partial charge in [0.1, 0.15) is 18.2 Å². The summed E-state index contributed by atoms with van der Waals surface area (Å²) in [5.74, 6) is 1.04. The first-order valence-electron chi connectivity index (χ1n) is 6.74. The van der Waals surface area contributed by atoms with Gasteiger partial charge >= 0.3 is 6.09 Å². The number of alkyl carbamates (subject to hydrolysis) is 1. The van der Waals surface area contributed by atoms with E-state index in [1.54, 1.807) is 6.07 Å². The van der Waals surface area contributed by atoms with Gasteiger partial charge < -0.3 is 20.5 Å². The van der Waals surface area contributed by atoms with Crippen LogP contribution in [0.2, 0.25) is 0 Å². The topological polar surface area (TPSA) is 97.4 Å². The molecule has 6 nitrogen and oxygen atoms in total. The fourth-order valence-electron chi connectivity index (χ4n) is 2.22. The zero-order valence-corrected chi connectivity index (χ0v) is 11.7. The molecule has 1 atom stereocenters. The lowest BCUT2D eigenvalue weighted by molar-refractivity contribution is 0.158. The van der Waals surface area contributed by atoms with Gasteiger partial charge in [-0.3, -0.25) is 5.41 Å². The number of ether oxygens (including phenoxy) is 2. The molecule has 1 aromatic carbocycles. The number of hydrogen-bond acceptors (Lipinski definition) is 4. The average molecular weight is 289 g/mol. The third-order valence-electron chi connectivity index (χ3n) is 3.30. The summed E-state index contributed by atoms with van der Waals surface area (Å²) in [6.07, 6.45) is 1.80. The molecule has 1 aromatic rings. The van der Waals surface area contributed by atoms with Gasteiger partial charge in [-0.25, -0.2) is 4.79 Å². The summed E-state index contributed by atoms with van der Waals surface area (Å²) in [7, 11) is 0. The lowest BCUT2D eigenvalue weighted by Gasteiger charge is -2.10. The molecule has 1 unspecified atom stereocenters. The molecular formula is C15H19N3O3. The maximum Gasteiger partial charge on any atom is 0.407 e. The lowest BCUT2D eigenvalue weighted by Crippen LogP contribution is -2.26. The average Bonchev–Trinajstić information content (AvgIpc) is 2.87. The van der Waals surface area contributed by atoms with E-state index in [1.165, 1.54) is 6.08 Å². The van der Waals surface area contributed by atoms with Gasteiger partial charge in [0.2, 0.25) is 0 Å². The second-order valence-electron chi connectivity index (χ2n) is 4.78. The molecule has 1 heterocycles. The van der Waals surface area contributed by atoms with Crippen LogP contribution in [0, 0.1) is 5.41 Å². The van der Waals surface area contributed by atoms with Crippen molar-refractivity contribution in [1.29, 1.82) is 5.41 Å². The zero-order valence-electron chi connectivity index (χ0n) is 11.7. The quantitative estimate of drug-likeness (QED) is 0.422. The monoisotopic (exact) mass is 289 g/mol. The van der Waals surface area contributed by atoms with Crippen LogP contribution >= 0.6 is 0 Å². The number of nitrogen functional groups attached to an aromatic ring is 1. The number of nitrogens with two attached hydrogens (primary N) is 1. The highest BCUT2D eigenvalue weighted by Crippen LogP contribution is 2.36. The van der Waals surface area contributed by atoms with E-state index in [-0.39, 0.29) is 18.4 Å². The van der Waals surface area contributed by atoms with Crippen molar-refractivity contribution < 1.29 is 14.3 Å². The Morgan fingerprint density at radius 2 is 2.43 bits per heavy atom. The summed E-state index contributed by atoms with van der Waals surface area (Å²) in [5, 5.41) is 10.2. The van der Waals surface area contributed by atoms with Crippen molar-refractivity contribution in [2.24, 2.45) is 5.73 Å². The largest absolute Gasteiger partial charge is 0.493 e. The van der Waals surface area contributed by atoms with Crippen molar-refractivity contribution in [1.82, 2.24) is 5.32 Å². The van der Waals surface area contributed by atoms with Crippen molar-refractivity contribution in [2.45, 2.75) is 12.3 Å². The normalized spacial score (nSPS) is 15.7. The van der Waals surface area contributed by atoms with Crippen LogP contribution in [0.4, 0.5) is 4.79 Å². The van der Waals surface area contributed by atoms with E-state index in [4.69, 9.17) is 20.6 Å². The second-order valence-corrected chi connectivity index (χ2v) is 4.78. The minimum atomic E-state index is -0.452. The Kier molecular flexibility index (Phi) is 4.81. The number of hydrogen-bond donors (Lipinski definition) is 3. The molecule has 0 spiro atoms. The molecule has 0 radical (unpaired) electrons. The zero-order chi connectivity index (χ0) is 15.2. The van der Waals surface area contributed by atoms with Crippen LogP contribution in [0.1, 0.15) is 23.5 Å². The molecule has 0 bridgehead atoms. The van der Waals surface area contributed by atoms with Crippen LogP contribution in [0.3, 0.4) is 0 Å². The molecule has 0 saturated carbocycles. The van der Waals surface area contributed by atoms with Crippen molar-refractivity contribution in [3.05, 3.63) is 42.0 Å². The van der Waals surface area contributed by atoms with E-state index in [1.807, 2.05) is 12.1 Å². The number of benzene rings is 1. The maximum absolute atomic E-state index is 11.3. The van der Waals surface area contributed by atoms with E-state index in [2.05, 4.69) is 11.9 Å². The van der Waals surface area contributed by atoms with Crippen LogP contribution in [0.15, 0.2) is 30.9 Å². The Labute approximate surface area is 123 Å². The first-order valence-corrected chi connectivity index (χ1v) is 6.74. The molecule has 2 rings (SSSR count). The summed E-state index contributed by atoms with van der Waals surface area (Å²) < 4.78 is 10.4. The van der Waals surface area contributed by atoms with E-state index < -0.39 is 6.09 Å². The molecule has 0 aromatic heterocycles. The van der Waals surface area contributed by atoms with Crippen LogP contribution in [0.25, 0.3) is 0 Å². The predicted molar refractivity (Wildman–Crippen MR) is 79.9 cm³/mol. The van der Waals surface area contributed by atoms with Crippen LogP contribution in [0.5, 0.6) is 5.75 Å². The minimum Gasteiger partial charge on any atom is -0.493 e. The van der Waals surface area contributed by atoms with Crippen molar-refractivity contribution in [3.63, 3.8) is 0 Å². The van der Waals surface area contributed by atoms with E-state index >= 15 is 0 Å². The number of nitrogens with one attached hydrogen (secondary N) is 2. The van der Waals surface area contributed by atoms with Gasteiger partial charge in [0.15, 0.2) is 0 Å². The molecule has 0 fully saturated rings. The Bertz CT molecular complexity index is 557. The Hall–Kier alpha value is -2.50. The van der Waals surface area contributed by atoms with E-state index in [0.29, 0.717) is 18.7 Å². The number of carbonyl (C=O) groups is 1. The van der Waals surface area contributed by atoms with E-state index in [9.17, 15) is 4.79 Å². The molecule has 6 heteroatoms. The Morgan fingerprint density at radius 3 is 3.14 bits per heavy atom. The number of rotatable bonds is 6. The second kappa shape index (κ2) is 6.78. The molecule has 1 amide bonds. The molecule has 0 aliphatic carbocycles. The molecule has 0 saturated heterocycles. The highest BCUT2D eigenvalue weighted by Gasteiger charge is 2.24. The minimum absolute atomic E-state index is 0.0366. The van der Waals surface area contributed by atoms with Gasteiger partial charge in [0.25, 0.3) is 0 Å². The number of fused-ring (bicyclic) bond motifs is 1. The molecule has 1 aliphatic heterocycles. The van der Waals surface area contributed by atoms with Crippen molar-refractivity contribution in [2.75, 3.05) is 19.8 Å². The highest BCUT2D eigenvalue weighted by atomic mass is 16.5. The number of carbonyl (C=O) groups excluding carboxylic acids is 1. The maximum atomic E-state index is 11.3. The van der Waals surface area contributed by atoms with E-state index in [0.717, 1.165) is 17.7 Å². The van der Waals surface area contributed by atoms with Gasteiger partial charge in [-0.15, -0.1) is 0 Å². The molecule has 1 aliphatic rings. The van der Waals surface area contributed by atoms with Crippen LogP contribution in [-0.2, 0) is 4.74 Å². The Morgan fingerprint density at radius 1 is 1.62 bits per heavy atom. The molecular weight excluding hydrogens is 270 g/mol. The molecule has 4 N–H and O–H groups in total. The number of amidine groups is 1. The summed E-state index contributed by atoms with van der Waals surface area (Å²) in [5.41, 5.74) is 7.21. The fourth-order valence-corrected chi connectivity index (χ4v) is 2.22. The summed E-state index contributed by atoms with van der Waals surface area (Å²) in [6, 6.07) is 5.48. The summed E-state index contributed by atoms with van der Waals surface area (Å²) in [6.45, 7) is 4.74. The van der Waals surface area contributed by atoms with Crippen molar-refractivity contribution in [3.8, 4) is 5.75 Å². The van der Waals surface area contributed by atoms with Crippen LogP contribution < -0.4 is 15.8 Å². The SMILES string of the molecule is C=CCOC(=O)NCCC1COc2ccc(C(=N)N)cc21. The predicted octanol–water partition coefficient (Wildman–Crippen LogP) is 1.75. The lowest BCUT2D eigenvalue weighted by atomic mass is 9.96. The fraction of sp³-hybridized carbons (Fsp3) is 0.333. The third-order valence-corrected chi connectivity index (χ3v) is 3.30. The number of amides is 1. The van der Waals surface area contributed by atoms with Gasteiger partial charge in [-0.05, 0) is 24.6 Å². The first-order chi connectivity index (χ1) is 10.1. The van der Waals surface area contributed by atoms with Gasteiger partial charge in [-0.1, -0.05) is 12.7 Å².